The van der Waals surface area contributed by atoms with Crippen LogP contribution in [0.2, 0.25) is 0 Å². The van der Waals surface area contributed by atoms with Crippen LogP contribution in [0.3, 0.4) is 0 Å². The fourth-order valence-electron chi connectivity index (χ4n) is 3.49. The van der Waals surface area contributed by atoms with Gasteiger partial charge < -0.3 is 10.1 Å². The van der Waals surface area contributed by atoms with Crippen molar-refractivity contribution in [1.29, 1.82) is 0 Å². The van der Waals surface area contributed by atoms with E-state index in [-0.39, 0.29) is 11.5 Å². The monoisotopic (exact) mass is 385 g/mol. The minimum absolute atomic E-state index is 0.0722. The van der Waals surface area contributed by atoms with Gasteiger partial charge in [0.15, 0.2) is 16.4 Å². The van der Waals surface area contributed by atoms with E-state index in [1.54, 1.807) is 6.92 Å². The van der Waals surface area contributed by atoms with E-state index in [9.17, 15) is 18.0 Å². The first kappa shape index (κ1) is 18.4. The van der Waals surface area contributed by atoms with Gasteiger partial charge in [-0.2, -0.15) is 0 Å². The second-order valence-electron chi connectivity index (χ2n) is 7.43. The van der Waals surface area contributed by atoms with Crippen LogP contribution in [0.1, 0.15) is 46.8 Å². The number of fused-ring (bicyclic) bond motifs is 1. The third-order valence-electron chi connectivity index (χ3n) is 4.81. The molecule has 3 rings (SSSR count). The molecule has 0 saturated carbocycles. The number of esters is 1. The smallest absolute Gasteiger partial charge is 0.348 e. The van der Waals surface area contributed by atoms with Gasteiger partial charge in [0.1, 0.15) is 4.88 Å². The van der Waals surface area contributed by atoms with Crippen LogP contribution in [0.4, 0.5) is 0 Å². The average molecular weight is 386 g/mol. The summed E-state index contributed by atoms with van der Waals surface area (Å²) in [6, 6.07) is 1.88. The molecule has 2 heterocycles. The maximum absolute atomic E-state index is 12.2. The first-order valence-electron chi connectivity index (χ1n) is 8.46. The maximum Gasteiger partial charge on any atom is 0.348 e. The fourth-order valence-corrected chi connectivity index (χ4v) is 6.69. The average Bonchev–Trinajstić information content (AvgIpc) is 3.04. The van der Waals surface area contributed by atoms with Crippen molar-refractivity contribution in [3.63, 3.8) is 0 Å². The van der Waals surface area contributed by atoms with E-state index >= 15 is 0 Å². The highest BCUT2D eigenvalue weighted by Gasteiger charge is 2.39. The Labute approximate surface area is 151 Å². The summed E-state index contributed by atoms with van der Waals surface area (Å²) in [5.74, 6) is -0.340. The van der Waals surface area contributed by atoms with Crippen LogP contribution in [-0.2, 0) is 32.2 Å². The van der Waals surface area contributed by atoms with Gasteiger partial charge in [0, 0.05) is 4.88 Å². The van der Waals surface area contributed by atoms with Gasteiger partial charge in [-0.15, -0.1) is 11.3 Å². The lowest BCUT2D eigenvalue weighted by Crippen LogP contribution is -2.48. The van der Waals surface area contributed by atoms with E-state index in [0.717, 1.165) is 19.3 Å². The lowest BCUT2D eigenvalue weighted by molar-refractivity contribution is -0.125. The molecule has 1 aromatic heterocycles. The van der Waals surface area contributed by atoms with Crippen LogP contribution in [0.25, 0.3) is 0 Å². The number of rotatable bonds is 4. The molecule has 1 amide bonds. The normalized spacial score (nSPS) is 27.5. The quantitative estimate of drug-likeness (QED) is 0.797. The number of amides is 1. The predicted octanol–water partition coefficient (Wildman–Crippen LogP) is 1.72. The first-order chi connectivity index (χ1) is 11.7. The van der Waals surface area contributed by atoms with Gasteiger partial charge in [-0.25, -0.2) is 13.2 Å². The third kappa shape index (κ3) is 4.41. The van der Waals surface area contributed by atoms with E-state index in [1.165, 1.54) is 21.8 Å². The molecule has 6 nitrogen and oxygen atoms in total. The van der Waals surface area contributed by atoms with Gasteiger partial charge in [0.25, 0.3) is 5.91 Å². The zero-order chi connectivity index (χ0) is 18.2. The Kier molecular flexibility index (Phi) is 4.94. The molecular weight excluding hydrogens is 362 g/mol. The first-order valence-corrected chi connectivity index (χ1v) is 11.1. The summed E-state index contributed by atoms with van der Waals surface area (Å²) in [4.78, 5) is 26.0. The molecule has 1 aliphatic carbocycles. The summed E-state index contributed by atoms with van der Waals surface area (Å²) in [5.41, 5.74) is 0.435. The lowest BCUT2D eigenvalue weighted by atomic mass is 9.90. The molecule has 1 fully saturated rings. The molecule has 0 spiro atoms. The molecule has 1 saturated heterocycles. The number of sulfone groups is 1. The summed E-state index contributed by atoms with van der Waals surface area (Å²) >= 11 is 1.44. The van der Waals surface area contributed by atoms with Gasteiger partial charge in [0.2, 0.25) is 0 Å². The van der Waals surface area contributed by atoms with Crippen LogP contribution < -0.4 is 5.32 Å². The third-order valence-corrected chi connectivity index (χ3v) is 7.93. The zero-order valence-electron chi connectivity index (χ0n) is 14.5. The molecule has 0 radical (unpaired) electrons. The Morgan fingerprint density at radius 2 is 2.20 bits per heavy atom. The molecule has 25 heavy (non-hydrogen) atoms. The Morgan fingerprint density at radius 3 is 2.88 bits per heavy atom. The number of hydrogen-bond donors (Lipinski definition) is 1. The highest BCUT2D eigenvalue weighted by atomic mass is 32.2. The van der Waals surface area contributed by atoms with Crippen molar-refractivity contribution in [2.45, 2.75) is 45.1 Å². The molecule has 8 heteroatoms. The van der Waals surface area contributed by atoms with Gasteiger partial charge in [0.05, 0.1) is 17.0 Å². The van der Waals surface area contributed by atoms with Crippen molar-refractivity contribution in [2.75, 3.05) is 18.1 Å². The largest absolute Gasteiger partial charge is 0.451 e. The highest BCUT2D eigenvalue weighted by molar-refractivity contribution is 7.91. The topological polar surface area (TPSA) is 89.5 Å². The highest BCUT2D eigenvalue weighted by Crippen LogP contribution is 2.32. The number of nitrogens with one attached hydrogen (secondary N) is 1. The van der Waals surface area contributed by atoms with Crippen LogP contribution in [0.15, 0.2) is 6.07 Å². The number of thiophene rings is 1. The van der Waals surface area contributed by atoms with Crippen LogP contribution in [0, 0.1) is 5.92 Å². The molecule has 2 aliphatic rings. The number of aryl methyl sites for hydroxylation is 1. The van der Waals surface area contributed by atoms with E-state index in [2.05, 4.69) is 12.2 Å². The second-order valence-corrected chi connectivity index (χ2v) is 10.8. The van der Waals surface area contributed by atoms with Crippen LogP contribution in [-0.4, -0.2) is 43.9 Å². The van der Waals surface area contributed by atoms with Crippen molar-refractivity contribution < 1.29 is 22.7 Å². The van der Waals surface area contributed by atoms with Crippen molar-refractivity contribution in [3.8, 4) is 0 Å². The molecule has 1 N–H and O–H groups in total. The molecule has 0 bridgehead atoms. The summed E-state index contributed by atoms with van der Waals surface area (Å²) in [6.07, 6.45) is 3.48. The Bertz CT molecular complexity index is 798. The van der Waals surface area contributed by atoms with Gasteiger partial charge in [-0.05, 0) is 50.2 Å². The summed E-state index contributed by atoms with van der Waals surface area (Å²) < 4.78 is 28.2. The van der Waals surface area contributed by atoms with E-state index in [1.807, 2.05) is 6.07 Å². The molecule has 0 unspecified atom stereocenters. The van der Waals surface area contributed by atoms with Crippen molar-refractivity contribution in [3.05, 3.63) is 21.4 Å². The van der Waals surface area contributed by atoms with Crippen LogP contribution >= 0.6 is 11.3 Å². The SMILES string of the molecule is C[C@H]1CCc2sc(C(=O)OCC(=O)N[C@]3(C)CCS(=O)(=O)C3)cc2C1. The van der Waals surface area contributed by atoms with Gasteiger partial charge in [-0.1, -0.05) is 6.92 Å². The molecule has 1 aliphatic heterocycles. The Hall–Kier alpha value is -1.41. The number of carbonyl (C=O) groups excluding carboxylic acids is 2. The van der Waals surface area contributed by atoms with Gasteiger partial charge in [-0.3, -0.25) is 4.79 Å². The second kappa shape index (κ2) is 6.72. The van der Waals surface area contributed by atoms with Gasteiger partial charge >= 0.3 is 5.97 Å². The zero-order valence-corrected chi connectivity index (χ0v) is 16.1. The van der Waals surface area contributed by atoms with Crippen molar-refractivity contribution in [1.82, 2.24) is 5.32 Å². The number of carbonyl (C=O) groups is 2. The van der Waals surface area contributed by atoms with E-state index in [4.69, 9.17) is 4.74 Å². The predicted molar refractivity (Wildman–Crippen MR) is 95.6 cm³/mol. The maximum atomic E-state index is 12.2. The minimum Gasteiger partial charge on any atom is -0.451 e. The molecule has 0 aromatic carbocycles. The molecule has 2 atom stereocenters. The van der Waals surface area contributed by atoms with Crippen molar-refractivity contribution in [2.24, 2.45) is 5.92 Å². The lowest BCUT2D eigenvalue weighted by Gasteiger charge is -2.23. The standard InChI is InChI=1S/C17H23NO5S2/c1-11-3-4-13-12(7-11)8-14(24-13)16(20)23-9-15(19)18-17(2)5-6-25(21,22)10-17/h8,11H,3-7,9-10H2,1-2H3,(H,18,19)/t11-,17+/m0/s1. The van der Waals surface area contributed by atoms with Crippen molar-refractivity contribution >= 4 is 33.1 Å². The summed E-state index contributed by atoms with van der Waals surface area (Å²) in [5, 5.41) is 2.68. The van der Waals surface area contributed by atoms with E-state index in [0.29, 0.717) is 17.2 Å². The van der Waals surface area contributed by atoms with Crippen LogP contribution in [0.5, 0.6) is 0 Å². The number of ether oxygens (including phenoxy) is 1. The Morgan fingerprint density at radius 1 is 1.44 bits per heavy atom. The number of hydrogen-bond acceptors (Lipinski definition) is 6. The fraction of sp³-hybridized carbons (Fsp3) is 0.647. The molecular formula is C17H23NO5S2. The Balaban J connectivity index is 1.53. The summed E-state index contributed by atoms with van der Waals surface area (Å²) in [6.45, 7) is 3.51. The summed E-state index contributed by atoms with van der Waals surface area (Å²) in [7, 11) is -3.10. The van der Waals surface area contributed by atoms with E-state index < -0.39 is 33.9 Å². The molecule has 138 valence electrons. The minimum atomic E-state index is -3.10. The molecule has 1 aromatic rings.